The quantitative estimate of drug-likeness (QED) is 0.699. The number of aromatic nitrogens is 3. The van der Waals surface area contributed by atoms with E-state index in [4.69, 9.17) is 4.74 Å². The topological polar surface area (TPSA) is 71.1 Å². The highest BCUT2D eigenvalue weighted by atomic mass is 19.1. The first-order chi connectivity index (χ1) is 12.0. The molecule has 0 unspecified atom stereocenters. The third kappa shape index (κ3) is 3.93. The lowest BCUT2D eigenvalue weighted by Crippen LogP contribution is -2.28. The second-order valence-electron chi connectivity index (χ2n) is 5.83. The van der Waals surface area contributed by atoms with Gasteiger partial charge in [-0.2, -0.15) is 5.10 Å². The highest BCUT2D eigenvalue weighted by Gasteiger charge is 2.14. The number of aryl methyl sites for hydroxylation is 1. The standard InChI is InChI=1S/C18H19FN4O2/c1-12-16-10-13(11-20-17(16)22-21-12)18(24)23(2)8-3-9-25-15-6-4-14(19)5-7-15/h4-7,10-11H,3,8-9H2,1-2H3,(H,20,21,22). The maximum absolute atomic E-state index is 12.8. The van der Waals surface area contributed by atoms with Crippen LogP contribution >= 0.6 is 0 Å². The van der Waals surface area contributed by atoms with Crippen LogP contribution in [0.1, 0.15) is 22.5 Å². The van der Waals surface area contributed by atoms with E-state index in [9.17, 15) is 9.18 Å². The Kier molecular flexibility index (Phi) is 4.92. The average molecular weight is 342 g/mol. The predicted molar refractivity (Wildman–Crippen MR) is 92.1 cm³/mol. The number of fused-ring (bicyclic) bond motifs is 1. The van der Waals surface area contributed by atoms with Crippen LogP contribution in [0.2, 0.25) is 0 Å². The number of rotatable bonds is 6. The van der Waals surface area contributed by atoms with Gasteiger partial charge in [-0.05, 0) is 43.7 Å². The number of hydrogen-bond donors (Lipinski definition) is 1. The van der Waals surface area contributed by atoms with Gasteiger partial charge in [-0.3, -0.25) is 9.89 Å². The molecule has 0 saturated carbocycles. The van der Waals surface area contributed by atoms with Gasteiger partial charge in [0.25, 0.3) is 5.91 Å². The van der Waals surface area contributed by atoms with Gasteiger partial charge in [0.1, 0.15) is 11.6 Å². The molecule has 0 atom stereocenters. The lowest BCUT2D eigenvalue weighted by atomic mass is 10.2. The first kappa shape index (κ1) is 16.9. The van der Waals surface area contributed by atoms with Crippen LogP contribution in [0.5, 0.6) is 5.75 Å². The van der Waals surface area contributed by atoms with Crippen LogP contribution in [0.3, 0.4) is 0 Å². The number of carbonyl (C=O) groups excluding carboxylic acids is 1. The Morgan fingerprint density at radius 1 is 1.32 bits per heavy atom. The second kappa shape index (κ2) is 7.29. The fourth-order valence-corrected chi connectivity index (χ4v) is 2.48. The van der Waals surface area contributed by atoms with Gasteiger partial charge in [-0.1, -0.05) is 0 Å². The molecule has 2 heterocycles. The van der Waals surface area contributed by atoms with Crippen molar-refractivity contribution in [1.82, 2.24) is 20.1 Å². The molecule has 3 rings (SSSR count). The van der Waals surface area contributed by atoms with Gasteiger partial charge in [-0.25, -0.2) is 9.37 Å². The number of amides is 1. The predicted octanol–water partition coefficient (Wildman–Crippen LogP) is 2.95. The van der Waals surface area contributed by atoms with Crippen LogP contribution in [-0.2, 0) is 0 Å². The smallest absolute Gasteiger partial charge is 0.255 e. The summed E-state index contributed by atoms with van der Waals surface area (Å²) in [5.41, 5.74) is 2.01. The number of nitrogens with zero attached hydrogens (tertiary/aromatic N) is 3. The summed E-state index contributed by atoms with van der Waals surface area (Å²) in [6.45, 7) is 2.88. The van der Waals surface area contributed by atoms with Gasteiger partial charge in [0.05, 0.1) is 12.2 Å². The summed E-state index contributed by atoms with van der Waals surface area (Å²) in [6, 6.07) is 7.67. The molecular weight excluding hydrogens is 323 g/mol. The molecule has 6 nitrogen and oxygen atoms in total. The largest absolute Gasteiger partial charge is 0.494 e. The van der Waals surface area contributed by atoms with E-state index in [1.807, 2.05) is 6.92 Å². The summed E-state index contributed by atoms with van der Waals surface area (Å²) in [6.07, 6.45) is 2.20. The molecule has 0 fully saturated rings. The van der Waals surface area contributed by atoms with Crippen LogP contribution in [0.4, 0.5) is 4.39 Å². The number of hydrogen-bond acceptors (Lipinski definition) is 4. The minimum atomic E-state index is -0.295. The number of ether oxygens (including phenoxy) is 1. The maximum Gasteiger partial charge on any atom is 0.255 e. The fourth-order valence-electron chi connectivity index (χ4n) is 2.48. The van der Waals surface area contributed by atoms with E-state index in [1.165, 1.54) is 18.3 Å². The number of H-pyrrole nitrogens is 1. The molecule has 0 radical (unpaired) electrons. The van der Waals surface area contributed by atoms with E-state index in [-0.39, 0.29) is 11.7 Å². The summed E-state index contributed by atoms with van der Waals surface area (Å²) in [5, 5.41) is 7.76. The Bertz CT molecular complexity index is 876. The van der Waals surface area contributed by atoms with Gasteiger partial charge < -0.3 is 9.64 Å². The fraction of sp³-hybridized carbons (Fsp3) is 0.278. The van der Waals surface area contributed by atoms with E-state index in [2.05, 4.69) is 15.2 Å². The van der Waals surface area contributed by atoms with Crippen molar-refractivity contribution in [3.8, 4) is 5.75 Å². The Balaban J connectivity index is 1.53. The van der Waals surface area contributed by atoms with E-state index >= 15 is 0 Å². The Labute approximate surface area is 144 Å². The minimum absolute atomic E-state index is 0.100. The highest BCUT2D eigenvalue weighted by Crippen LogP contribution is 2.16. The normalized spacial score (nSPS) is 10.8. The van der Waals surface area contributed by atoms with Crippen molar-refractivity contribution >= 4 is 16.9 Å². The van der Waals surface area contributed by atoms with E-state index < -0.39 is 0 Å². The SMILES string of the molecule is Cc1[nH]nc2ncc(C(=O)N(C)CCCOc3ccc(F)cc3)cc12. The summed E-state index contributed by atoms with van der Waals surface area (Å²) in [7, 11) is 1.74. The second-order valence-corrected chi connectivity index (χ2v) is 5.83. The van der Waals surface area contributed by atoms with Crippen molar-refractivity contribution < 1.29 is 13.9 Å². The van der Waals surface area contributed by atoms with Crippen molar-refractivity contribution in [2.24, 2.45) is 0 Å². The molecule has 2 aromatic heterocycles. The Hall–Kier alpha value is -2.96. The highest BCUT2D eigenvalue weighted by molar-refractivity contribution is 5.97. The molecule has 25 heavy (non-hydrogen) atoms. The summed E-state index contributed by atoms with van der Waals surface area (Å²) < 4.78 is 18.4. The molecule has 0 spiro atoms. The van der Waals surface area contributed by atoms with Crippen LogP contribution in [0.15, 0.2) is 36.5 Å². The van der Waals surface area contributed by atoms with Crippen molar-refractivity contribution in [2.45, 2.75) is 13.3 Å². The van der Waals surface area contributed by atoms with Crippen LogP contribution < -0.4 is 4.74 Å². The molecule has 0 bridgehead atoms. The molecule has 0 aliphatic rings. The molecule has 0 saturated heterocycles. The Morgan fingerprint density at radius 2 is 2.08 bits per heavy atom. The lowest BCUT2D eigenvalue weighted by Gasteiger charge is -2.17. The van der Waals surface area contributed by atoms with Gasteiger partial charge in [0, 0.05) is 30.9 Å². The molecule has 1 aromatic carbocycles. The number of halogens is 1. The van der Waals surface area contributed by atoms with Crippen LogP contribution in [-0.4, -0.2) is 46.2 Å². The molecule has 0 aliphatic heterocycles. The van der Waals surface area contributed by atoms with Crippen molar-refractivity contribution in [3.05, 3.63) is 53.6 Å². The number of pyridine rings is 1. The minimum Gasteiger partial charge on any atom is -0.494 e. The third-order valence-electron chi connectivity index (χ3n) is 3.91. The van der Waals surface area contributed by atoms with Gasteiger partial charge in [0.15, 0.2) is 5.65 Å². The first-order valence-electron chi connectivity index (χ1n) is 7.99. The number of nitrogens with one attached hydrogen (secondary N) is 1. The summed E-state index contributed by atoms with van der Waals surface area (Å²) in [4.78, 5) is 18.3. The first-order valence-corrected chi connectivity index (χ1v) is 7.99. The molecule has 7 heteroatoms. The van der Waals surface area contributed by atoms with Crippen LogP contribution in [0.25, 0.3) is 11.0 Å². The van der Waals surface area contributed by atoms with Gasteiger partial charge in [-0.15, -0.1) is 0 Å². The summed E-state index contributed by atoms with van der Waals surface area (Å²) >= 11 is 0. The van der Waals surface area contributed by atoms with Crippen molar-refractivity contribution in [3.63, 3.8) is 0 Å². The number of aromatic amines is 1. The van der Waals surface area contributed by atoms with Crippen molar-refractivity contribution in [1.29, 1.82) is 0 Å². The van der Waals surface area contributed by atoms with E-state index in [1.54, 1.807) is 30.1 Å². The molecule has 0 aliphatic carbocycles. The number of carbonyl (C=O) groups is 1. The van der Waals surface area contributed by atoms with E-state index in [0.29, 0.717) is 36.5 Å². The molecule has 130 valence electrons. The monoisotopic (exact) mass is 342 g/mol. The summed E-state index contributed by atoms with van der Waals surface area (Å²) in [5.74, 6) is 0.216. The zero-order valence-electron chi connectivity index (χ0n) is 14.1. The van der Waals surface area contributed by atoms with Crippen molar-refractivity contribution in [2.75, 3.05) is 20.2 Å². The average Bonchev–Trinajstić information content (AvgIpc) is 3.00. The molecule has 3 aromatic rings. The lowest BCUT2D eigenvalue weighted by molar-refractivity contribution is 0.0787. The molecule has 1 N–H and O–H groups in total. The Morgan fingerprint density at radius 3 is 2.84 bits per heavy atom. The maximum atomic E-state index is 12.8. The van der Waals surface area contributed by atoms with E-state index in [0.717, 1.165) is 11.1 Å². The zero-order valence-corrected chi connectivity index (χ0v) is 14.1. The zero-order chi connectivity index (χ0) is 17.8. The number of benzene rings is 1. The molecular formula is C18H19FN4O2. The third-order valence-corrected chi connectivity index (χ3v) is 3.91. The van der Waals surface area contributed by atoms with Crippen LogP contribution in [0, 0.1) is 12.7 Å². The van der Waals surface area contributed by atoms with Gasteiger partial charge in [0.2, 0.25) is 0 Å². The molecule has 1 amide bonds. The van der Waals surface area contributed by atoms with Gasteiger partial charge >= 0.3 is 0 Å².